The summed E-state index contributed by atoms with van der Waals surface area (Å²) in [7, 11) is 5.10. The second-order valence-electron chi connectivity index (χ2n) is 15.4. The number of nitrogen functional groups attached to an aromatic ring is 1. The van der Waals surface area contributed by atoms with Gasteiger partial charge in [0.05, 0.1) is 36.0 Å². The molecule has 2 aliphatic heterocycles. The first-order chi connectivity index (χ1) is 28.9. The third-order valence-electron chi connectivity index (χ3n) is 11.7. The van der Waals surface area contributed by atoms with E-state index in [1.807, 2.05) is 84.4 Å². The Balaban J connectivity index is 1.15. The van der Waals surface area contributed by atoms with Crippen molar-refractivity contribution in [3.05, 3.63) is 105 Å². The molecule has 3 aliphatic rings. The normalized spacial score (nSPS) is 18.4. The smallest absolute Gasteiger partial charge is 0.320 e. The molecule has 5 aromatic rings. The number of hydrogen-bond donors (Lipinski definition) is 1. The highest BCUT2D eigenvalue weighted by Crippen LogP contribution is 2.61. The van der Waals surface area contributed by atoms with Crippen molar-refractivity contribution in [3.63, 3.8) is 0 Å². The summed E-state index contributed by atoms with van der Waals surface area (Å²) in [6.07, 6.45) is 1.35. The van der Waals surface area contributed by atoms with Crippen LogP contribution in [0.2, 0.25) is 0 Å². The lowest BCUT2D eigenvalue weighted by atomic mass is 9.88. The quantitative estimate of drug-likeness (QED) is 0.101. The molecule has 2 aromatic carbocycles. The maximum Gasteiger partial charge on any atom is 0.320 e. The van der Waals surface area contributed by atoms with E-state index in [9.17, 15) is 19.3 Å². The Morgan fingerprint density at radius 1 is 0.950 bits per heavy atom. The second-order valence-corrected chi connectivity index (χ2v) is 18.1. The molecule has 310 valence electrons. The van der Waals surface area contributed by atoms with Gasteiger partial charge in [0.25, 0.3) is 5.92 Å². The molecular formula is C43H42ClF2N9O3S2. The summed E-state index contributed by atoms with van der Waals surface area (Å²) in [5.41, 5.74) is 9.29. The van der Waals surface area contributed by atoms with Crippen molar-refractivity contribution in [2.24, 2.45) is 5.41 Å². The zero-order valence-electron chi connectivity index (χ0n) is 33.4. The van der Waals surface area contributed by atoms with E-state index >= 15 is 0 Å². The van der Waals surface area contributed by atoms with E-state index in [1.165, 1.54) is 11.3 Å². The fourth-order valence-corrected chi connectivity index (χ4v) is 11.1. The molecule has 8 rings (SSSR count). The van der Waals surface area contributed by atoms with Crippen LogP contribution in [0.1, 0.15) is 57.6 Å². The van der Waals surface area contributed by atoms with E-state index in [0.29, 0.717) is 42.6 Å². The monoisotopic (exact) mass is 869 g/mol. The van der Waals surface area contributed by atoms with Crippen molar-refractivity contribution in [1.29, 1.82) is 10.5 Å². The molecule has 5 heterocycles. The number of nitriles is 2. The van der Waals surface area contributed by atoms with Gasteiger partial charge in [0.2, 0.25) is 0 Å². The number of fused-ring (bicyclic) bond motifs is 2. The molecule has 1 aliphatic carbocycles. The maximum absolute atomic E-state index is 14.5. The molecule has 0 amide bonds. The van der Waals surface area contributed by atoms with Crippen molar-refractivity contribution in [1.82, 2.24) is 15.0 Å². The molecule has 2 N–H and O–H groups in total. The predicted molar refractivity (Wildman–Crippen MR) is 231 cm³/mol. The van der Waals surface area contributed by atoms with E-state index < -0.39 is 35.2 Å². The number of benzene rings is 2. The van der Waals surface area contributed by atoms with Gasteiger partial charge >= 0.3 is 6.01 Å². The molecule has 60 heavy (non-hydrogen) atoms. The Bertz CT molecular complexity index is 2440. The molecule has 2 fully saturated rings. The second kappa shape index (κ2) is 16.1. The van der Waals surface area contributed by atoms with E-state index in [2.05, 4.69) is 17.0 Å². The number of nitrogens with zero attached hydrogens (tertiary/aromatic N) is 8. The molecule has 0 radical (unpaired) electrons. The first-order valence-electron chi connectivity index (χ1n) is 19.2. The number of ether oxygens (including phenoxy) is 3. The number of thioether (sulfide) groups is 1. The van der Waals surface area contributed by atoms with E-state index in [0.717, 1.165) is 50.2 Å². The molecule has 3 aromatic heterocycles. The average Bonchev–Trinajstić information content (AvgIpc) is 3.45. The van der Waals surface area contributed by atoms with Crippen molar-refractivity contribution in [2.45, 2.75) is 48.9 Å². The van der Waals surface area contributed by atoms with E-state index in [4.69, 9.17) is 46.5 Å². The third-order valence-corrected chi connectivity index (χ3v) is 14.9. The Hall–Kier alpha value is -5.55. The maximum atomic E-state index is 14.5. The van der Waals surface area contributed by atoms with Crippen LogP contribution in [0.4, 0.5) is 31.2 Å². The van der Waals surface area contributed by atoms with Crippen LogP contribution >= 0.6 is 34.7 Å². The number of thiophene rings is 1. The fourth-order valence-electron chi connectivity index (χ4n) is 7.93. The minimum atomic E-state index is -2.97. The zero-order valence-corrected chi connectivity index (χ0v) is 35.8. The number of hydrogen-bond acceptors (Lipinski definition) is 14. The molecule has 1 unspecified atom stereocenters. The summed E-state index contributed by atoms with van der Waals surface area (Å²) in [6, 6.07) is 23.7. The van der Waals surface area contributed by atoms with Crippen LogP contribution < -0.4 is 34.6 Å². The topological polar surface area (TPSA) is 150 Å². The van der Waals surface area contributed by atoms with Gasteiger partial charge in [0.1, 0.15) is 46.6 Å². The predicted octanol–water partition coefficient (Wildman–Crippen LogP) is 8.29. The van der Waals surface area contributed by atoms with Crippen molar-refractivity contribution in [3.8, 4) is 29.6 Å². The van der Waals surface area contributed by atoms with Crippen molar-refractivity contribution >= 4 is 57.2 Å². The molecule has 0 bridgehead atoms. The van der Waals surface area contributed by atoms with Crippen LogP contribution in [0.25, 0.3) is 0 Å². The summed E-state index contributed by atoms with van der Waals surface area (Å²) >= 11 is 9.23. The third kappa shape index (κ3) is 7.35. The van der Waals surface area contributed by atoms with Crippen LogP contribution in [0.15, 0.2) is 66.9 Å². The molecule has 1 saturated heterocycles. The van der Waals surface area contributed by atoms with Crippen molar-refractivity contribution < 1.29 is 23.0 Å². The minimum absolute atomic E-state index is 0.143. The van der Waals surface area contributed by atoms with Gasteiger partial charge < -0.3 is 34.6 Å². The van der Waals surface area contributed by atoms with Crippen molar-refractivity contribution in [2.75, 3.05) is 67.3 Å². The highest BCUT2D eigenvalue weighted by molar-refractivity contribution is 8.00. The molecule has 17 heteroatoms. The fraction of sp³-hybridized carbons (Fsp3) is 0.372. The largest absolute Gasteiger partial charge is 0.497 e. The number of nitrogens with two attached hydrogens (primary N) is 1. The lowest BCUT2D eigenvalue weighted by Crippen LogP contribution is -2.57. The number of anilines is 4. The Kier molecular flexibility index (Phi) is 11.1. The van der Waals surface area contributed by atoms with Crippen LogP contribution in [0.3, 0.4) is 0 Å². The standard InChI is InChI=1S/C43H42ClF2N9O3S2/c1-26(31-6-5-15-50-37(31)54(18-27-7-11-29(56-3)12-8-27)19-28-9-13-30(57-4)14-10-28)53(2)38-33(17-48)39(52-40(51-38)58-25-41(22-44)21-43(41,45)46)55-23-42(24-55)35-32(16-47)36(49)60-34(35)20-59-42/h5-15,26H,18-25,49H2,1-4H3/t26-,41?/m1/s1. The first-order valence-corrected chi connectivity index (χ1v) is 21.5. The summed E-state index contributed by atoms with van der Waals surface area (Å²) in [4.78, 5) is 21.4. The van der Waals surface area contributed by atoms with Gasteiger partial charge in [-0.1, -0.05) is 30.3 Å². The van der Waals surface area contributed by atoms with Gasteiger partial charge in [0, 0.05) is 73.5 Å². The molecule has 1 spiro atoms. The van der Waals surface area contributed by atoms with Gasteiger partial charge in [-0.25, -0.2) is 13.8 Å². The van der Waals surface area contributed by atoms with E-state index in [-0.39, 0.29) is 23.3 Å². The van der Waals surface area contributed by atoms with Crippen LogP contribution in [-0.4, -0.2) is 67.7 Å². The zero-order chi connectivity index (χ0) is 42.4. The minimum Gasteiger partial charge on any atom is -0.497 e. The number of aromatic nitrogens is 3. The molecule has 2 atom stereocenters. The lowest BCUT2D eigenvalue weighted by molar-refractivity contribution is 0.0496. The number of rotatable bonds is 15. The Labute approximate surface area is 360 Å². The number of alkyl halides is 3. The first kappa shape index (κ1) is 41.2. The van der Waals surface area contributed by atoms with Gasteiger partial charge in [-0.2, -0.15) is 20.5 Å². The Morgan fingerprint density at radius 3 is 2.12 bits per heavy atom. The number of methoxy groups -OCH3 is 2. The molecular weight excluding hydrogens is 828 g/mol. The summed E-state index contributed by atoms with van der Waals surface area (Å²) in [6.45, 7) is 3.53. The highest BCUT2D eigenvalue weighted by Gasteiger charge is 2.71. The Morgan fingerprint density at radius 2 is 1.57 bits per heavy atom. The number of pyridine rings is 1. The van der Waals surface area contributed by atoms with Gasteiger partial charge in [0.15, 0.2) is 11.6 Å². The molecule has 12 nitrogen and oxygen atoms in total. The van der Waals surface area contributed by atoms with E-state index in [1.54, 1.807) is 32.2 Å². The van der Waals surface area contributed by atoms with Gasteiger partial charge in [-0.15, -0.1) is 34.7 Å². The van der Waals surface area contributed by atoms with Gasteiger partial charge in [-0.3, -0.25) is 0 Å². The summed E-state index contributed by atoms with van der Waals surface area (Å²) in [5, 5.41) is 21.3. The number of halogens is 3. The summed E-state index contributed by atoms with van der Waals surface area (Å²) in [5.74, 6) is 0.258. The SMILES string of the molecule is COc1ccc(CN(Cc2ccc(OC)cc2)c2ncccc2[C@@H](C)N(C)c2nc(OCC3(CCl)CC3(F)F)nc(N3CC4(C3)SCc3sc(N)c(C#N)c34)c2C#N)cc1. The molecule has 1 saturated carbocycles. The van der Waals surface area contributed by atoms with Crippen LogP contribution in [0, 0.1) is 28.1 Å². The summed E-state index contributed by atoms with van der Waals surface area (Å²) < 4.78 is 45.4. The van der Waals surface area contributed by atoms with Crippen LogP contribution in [0.5, 0.6) is 17.5 Å². The average molecular weight is 870 g/mol. The highest BCUT2D eigenvalue weighted by atomic mass is 35.5. The lowest BCUT2D eigenvalue weighted by Gasteiger charge is -2.48. The van der Waals surface area contributed by atoms with Crippen LogP contribution in [-0.2, 0) is 23.6 Å². The van der Waals surface area contributed by atoms with Gasteiger partial charge in [-0.05, 0) is 48.4 Å².